The number of esters is 2. The summed E-state index contributed by atoms with van der Waals surface area (Å²) in [4.78, 5) is 25.8. The zero-order valence-electron chi connectivity index (χ0n) is 43.4. The molecular weight excluding hydrogens is 925 g/mol. The van der Waals surface area contributed by atoms with Crippen LogP contribution in [-0.2, 0) is 38.0 Å². The molecule has 0 bridgehead atoms. The molecule has 0 aliphatic carbocycles. The van der Waals surface area contributed by atoms with Gasteiger partial charge in [0.15, 0.2) is 18.7 Å². The van der Waals surface area contributed by atoms with Crippen molar-refractivity contribution in [3.05, 3.63) is 97.2 Å². The van der Waals surface area contributed by atoms with Crippen molar-refractivity contribution in [2.24, 2.45) is 0 Å². The largest absolute Gasteiger partial charge is 0.462 e. The molecule has 0 radical (unpaired) electrons. The Hall–Kier alpha value is -3.58. The zero-order valence-corrected chi connectivity index (χ0v) is 43.4. The number of aliphatic hydroxyl groups excluding tert-OH is 7. The van der Waals surface area contributed by atoms with Gasteiger partial charge in [0.05, 0.1) is 19.8 Å². The van der Waals surface area contributed by atoms with Crippen LogP contribution in [0.5, 0.6) is 0 Å². The lowest BCUT2D eigenvalue weighted by molar-refractivity contribution is -0.332. The summed E-state index contributed by atoms with van der Waals surface area (Å²) in [5, 5.41) is 72.2. The quantitative estimate of drug-likeness (QED) is 0.0174. The molecule has 410 valence electrons. The summed E-state index contributed by atoms with van der Waals surface area (Å²) < 4.78 is 33.5. The molecule has 11 atom stereocenters. The van der Waals surface area contributed by atoms with E-state index < -0.39 is 99.3 Å². The van der Waals surface area contributed by atoms with Crippen LogP contribution in [-0.4, -0.2) is 142 Å². The Kier molecular flexibility index (Phi) is 38.3. The minimum Gasteiger partial charge on any atom is -0.462 e. The Bertz CT molecular complexity index is 1620. The number of rotatable bonds is 40. The predicted octanol–water partition coefficient (Wildman–Crippen LogP) is 8.15. The van der Waals surface area contributed by atoms with E-state index in [0.717, 1.165) is 83.5 Å². The molecule has 0 spiro atoms. The van der Waals surface area contributed by atoms with Crippen molar-refractivity contribution in [2.45, 2.75) is 223 Å². The van der Waals surface area contributed by atoms with Crippen molar-refractivity contribution in [2.75, 3.05) is 26.4 Å². The Labute approximate surface area is 430 Å². The third-order valence-electron chi connectivity index (χ3n) is 12.1. The number of carbonyl (C=O) groups excluding carboxylic acids is 2. The van der Waals surface area contributed by atoms with Crippen LogP contribution in [0.3, 0.4) is 0 Å². The van der Waals surface area contributed by atoms with Gasteiger partial charge in [0.25, 0.3) is 0 Å². The van der Waals surface area contributed by atoms with Gasteiger partial charge in [-0.25, -0.2) is 0 Å². The van der Waals surface area contributed by atoms with Gasteiger partial charge in [-0.05, 0) is 83.5 Å². The lowest BCUT2D eigenvalue weighted by atomic mass is 9.98. The van der Waals surface area contributed by atoms with Crippen molar-refractivity contribution in [1.82, 2.24) is 0 Å². The number of carbonyl (C=O) groups is 2. The van der Waals surface area contributed by atoms with Gasteiger partial charge in [-0.15, -0.1) is 0 Å². The van der Waals surface area contributed by atoms with E-state index in [1.54, 1.807) is 0 Å². The number of unbranched alkanes of at least 4 members (excludes halogenated alkanes) is 10. The Morgan fingerprint density at radius 2 is 0.903 bits per heavy atom. The summed E-state index contributed by atoms with van der Waals surface area (Å²) in [6, 6.07) is 0. The maximum absolute atomic E-state index is 13.0. The van der Waals surface area contributed by atoms with Gasteiger partial charge >= 0.3 is 11.9 Å². The Morgan fingerprint density at radius 3 is 1.43 bits per heavy atom. The molecule has 2 rings (SSSR count). The molecule has 0 saturated carbocycles. The van der Waals surface area contributed by atoms with E-state index in [0.29, 0.717) is 19.3 Å². The fourth-order valence-electron chi connectivity index (χ4n) is 7.68. The second-order valence-corrected chi connectivity index (χ2v) is 18.3. The number of hydrogen-bond donors (Lipinski definition) is 7. The summed E-state index contributed by atoms with van der Waals surface area (Å²) in [6.45, 7) is 2.35. The predicted molar refractivity (Wildman–Crippen MR) is 279 cm³/mol. The molecule has 2 fully saturated rings. The average molecular weight is 1020 g/mol. The smallest absolute Gasteiger partial charge is 0.306 e. The first-order valence-corrected chi connectivity index (χ1v) is 26.8. The molecule has 11 unspecified atom stereocenters. The monoisotopic (exact) mass is 1020 g/mol. The van der Waals surface area contributed by atoms with E-state index in [4.69, 9.17) is 28.4 Å². The van der Waals surface area contributed by atoms with Crippen molar-refractivity contribution in [1.29, 1.82) is 0 Å². The van der Waals surface area contributed by atoms with Gasteiger partial charge < -0.3 is 64.2 Å². The van der Waals surface area contributed by atoms with E-state index in [1.807, 2.05) is 12.2 Å². The van der Waals surface area contributed by atoms with E-state index in [9.17, 15) is 45.3 Å². The molecule has 15 heteroatoms. The summed E-state index contributed by atoms with van der Waals surface area (Å²) in [6.07, 6.45) is 37.2. The van der Waals surface area contributed by atoms with Gasteiger partial charge in [0.2, 0.25) is 0 Å². The van der Waals surface area contributed by atoms with Crippen LogP contribution in [0, 0.1) is 0 Å². The fourth-order valence-corrected chi connectivity index (χ4v) is 7.68. The van der Waals surface area contributed by atoms with Crippen molar-refractivity contribution in [3.63, 3.8) is 0 Å². The third-order valence-corrected chi connectivity index (χ3v) is 12.1. The van der Waals surface area contributed by atoms with Crippen LogP contribution in [0.25, 0.3) is 0 Å². The highest BCUT2D eigenvalue weighted by Gasteiger charge is 2.47. The summed E-state index contributed by atoms with van der Waals surface area (Å²) in [7, 11) is 0. The van der Waals surface area contributed by atoms with Gasteiger partial charge in [-0.2, -0.15) is 0 Å². The molecular formula is C57H92O15. The molecule has 2 aliphatic heterocycles. The van der Waals surface area contributed by atoms with E-state index in [1.165, 1.54) is 25.7 Å². The second-order valence-electron chi connectivity index (χ2n) is 18.3. The van der Waals surface area contributed by atoms with Crippen molar-refractivity contribution >= 4 is 11.9 Å². The number of allylic oxidation sites excluding steroid dienone is 16. The minimum atomic E-state index is -1.79. The second kappa shape index (κ2) is 42.7. The Morgan fingerprint density at radius 1 is 0.458 bits per heavy atom. The lowest BCUT2D eigenvalue weighted by Gasteiger charge is -2.42. The standard InChI is InChI=1S/C57H92O15/c1-3-5-7-9-11-13-15-17-19-21-22-24-26-28-30-32-34-36-38-40-49(60)70-45(42-67-48(59)39-37-35-33-31-29-27-25-23-20-18-16-14-12-10-8-6-4-2)43-68-56-55(66)53(64)51(62)47(72-56)44-69-57-54(65)52(63)50(61)46(41-58)71-57/h5,7,11-14,17-20,22,24,28,30,34,36,45-47,50-58,61-66H,3-4,6,8-10,15-16,21,23,25-27,29,31-33,35,37-44H2,1-2H3/b7-5-,13-11-,14-12-,19-17-,20-18-,24-22-,30-28-,36-34-. The molecule has 0 aromatic carbocycles. The van der Waals surface area contributed by atoms with Crippen LogP contribution in [0.2, 0.25) is 0 Å². The first-order valence-electron chi connectivity index (χ1n) is 26.8. The van der Waals surface area contributed by atoms with Crippen LogP contribution in [0.15, 0.2) is 97.2 Å². The number of ether oxygens (including phenoxy) is 6. The highest BCUT2D eigenvalue weighted by molar-refractivity contribution is 5.70. The van der Waals surface area contributed by atoms with E-state index in [2.05, 4.69) is 98.9 Å². The fraction of sp³-hybridized carbons (Fsp3) is 0.684. The van der Waals surface area contributed by atoms with Gasteiger partial charge in [-0.3, -0.25) is 9.59 Å². The van der Waals surface area contributed by atoms with Crippen LogP contribution >= 0.6 is 0 Å². The molecule has 0 amide bonds. The first kappa shape index (κ1) is 64.5. The molecule has 0 aromatic rings. The summed E-state index contributed by atoms with van der Waals surface area (Å²) in [5.41, 5.74) is 0. The minimum absolute atomic E-state index is 0.0327. The number of hydrogen-bond acceptors (Lipinski definition) is 15. The van der Waals surface area contributed by atoms with Crippen LogP contribution < -0.4 is 0 Å². The first-order chi connectivity index (χ1) is 35.0. The molecule has 15 nitrogen and oxygen atoms in total. The van der Waals surface area contributed by atoms with Crippen LogP contribution in [0.1, 0.15) is 155 Å². The highest BCUT2D eigenvalue weighted by atomic mass is 16.7. The molecule has 0 aromatic heterocycles. The molecule has 72 heavy (non-hydrogen) atoms. The molecule has 7 N–H and O–H groups in total. The summed E-state index contributed by atoms with van der Waals surface area (Å²) in [5.74, 6) is -1.04. The van der Waals surface area contributed by atoms with E-state index >= 15 is 0 Å². The maximum atomic E-state index is 13.0. The number of aliphatic hydroxyl groups is 7. The zero-order chi connectivity index (χ0) is 52.4. The average Bonchev–Trinajstić information content (AvgIpc) is 3.37. The van der Waals surface area contributed by atoms with Gasteiger partial charge in [0.1, 0.15) is 55.4 Å². The van der Waals surface area contributed by atoms with Gasteiger partial charge in [0, 0.05) is 12.8 Å². The highest BCUT2D eigenvalue weighted by Crippen LogP contribution is 2.26. The third kappa shape index (κ3) is 30.0. The van der Waals surface area contributed by atoms with Crippen LogP contribution in [0.4, 0.5) is 0 Å². The normalized spacial score (nSPS) is 25.8. The topological polar surface area (TPSA) is 231 Å². The summed E-state index contributed by atoms with van der Waals surface area (Å²) >= 11 is 0. The molecule has 2 heterocycles. The lowest BCUT2D eigenvalue weighted by Crippen LogP contribution is -2.61. The SMILES string of the molecule is CC/C=C\C/C=C\C/C=C\C/C=C\C/C=C\C/C=C\CCC(=O)OC(COC(=O)CCCCCCCCC/C=C\C/C=C\CCCCC)COC1OC(COC2OC(CO)C(O)C(O)C2O)C(O)C(O)C1O. The molecule has 2 saturated heterocycles. The van der Waals surface area contributed by atoms with Gasteiger partial charge in [-0.1, -0.05) is 156 Å². The Balaban J connectivity index is 1.84. The van der Waals surface area contributed by atoms with Crippen molar-refractivity contribution < 1.29 is 73.8 Å². The molecule has 2 aliphatic rings. The maximum Gasteiger partial charge on any atom is 0.306 e. The van der Waals surface area contributed by atoms with Crippen molar-refractivity contribution in [3.8, 4) is 0 Å². The van der Waals surface area contributed by atoms with E-state index in [-0.39, 0.29) is 19.4 Å².